The minimum Gasteiger partial charge on any atom is -0.488 e. The lowest BCUT2D eigenvalue weighted by Crippen LogP contribution is -2.10. The van der Waals surface area contributed by atoms with E-state index in [9.17, 15) is 22.4 Å². The van der Waals surface area contributed by atoms with Crippen molar-refractivity contribution < 1.29 is 36.9 Å². The molecule has 10 heteroatoms. The first-order valence-electron chi connectivity index (χ1n) is 8.96. The second-order valence-electron chi connectivity index (χ2n) is 6.62. The molecular weight excluding hydrogens is 438 g/mol. The van der Waals surface area contributed by atoms with Crippen molar-refractivity contribution in [2.24, 2.45) is 0 Å². The average molecular weight is 455 g/mol. The van der Waals surface area contributed by atoms with Gasteiger partial charge in [-0.25, -0.2) is 14.2 Å². The number of aliphatic carboxylic acids is 1. The Morgan fingerprint density at radius 1 is 1.13 bits per heavy atom. The highest BCUT2D eigenvalue weighted by molar-refractivity contribution is 7.15. The largest absolute Gasteiger partial charge is 0.488 e. The van der Waals surface area contributed by atoms with Gasteiger partial charge in [-0.2, -0.15) is 13.2 Å². The van der Waals surface area contributed by atoms with Gasteiger partial charge in [0, 0.05) is 11.6 Å². The van der Waals surface area contributed by atoms with Gasteiger partial charge in [0.25, 0.3) is 0 Å². The molecule has 0 saturated carbocycles. The second-order valence-corrected chi connectivity index (χ2v) is 7.70. The monoisotopic (exact) mass is 455 g/mol. The normalized spacial score (nSPS) is 11.4. The number of carboxylic acid groups (broad SMARTS) is 1. The molecule has 0 fully saturated rings. The number of aromatic nitrogens is 1. The summed E-state index contributed by atoms with van der Waals surface area (Å²) in [5.41, 5.74) is 0.266. The molecule has 0 aliphatic rings. The van der Waals surface area contributed by atoms with E-state index < -0.39 is 30.1 Å². The summed E-state index contributed by atoms with van der Waals surface area (Å²) in [5.74, 6) is -1.63. The number of nitrogens with zero attached hydrogens (tertiary/aromatic N) is 1. The summed E-state index contributed by atoms with van der Waals surface area (Å²) >= 11 is 1.18. The molecule has 0 radical (unpaired) electrons. The highest BCUT2D eigenvalue weighted by atomic mass is 32.1. The van der Waals surface area contributed by atoms with E-state index in [-0.39, 0.29) is 12.2 Å². The first-order valence-corrected chi connectivity index (χ1v) is 9.77. The first-order chi connectivity index (χ1) is 14.5. The molecule has 2 aromatic carbocycles. The zero-order chi connectivity index (χ0) is 22.8. The smallest absolute Gasteiger partial charge is 0.419 e. The number of benzene rings is 2. The highest BCUT2D eigenvalue weighted by Gasteiger charge is 2.34. The minimum absolute atomic E-state index is 0.119. The van der Waals surface area contributed by atoms with Gasteiger partial charge >= 0.3 is 12.1 Å². The summed E-state index contributed by atoms with van der Waals surface area (Å²) < 4.78 is 63.1. The van der Waals surface area contributed by atoms with Gasteiger partial charge in [0.05, 0.1) is 16.1 Å². The van der Waals surface area contributed by atoms with Gasteiger partial charge in [-0.3, -0.25) is 0 Å². The van der Waals surface area contributed by atoms with E-state index in [0.717, 1.165) is 11.6 Å². The van der Waals surface area contributed by atoms with Crippen LogP contribution in [0, 0.1) is 19.7 Å². The van der Waals surface area contributed by atoms with Crippen molar-refractivity contribution in [1.82, 2.24) is 4.98 Å². The molecule has 1 heterocycles. The molecule has 0 aliphatic heterocycles. The van der Waals surface area contributed by atoms with Gasteiger partial charge in [-0.1, -0.05) is 12.1 Å². The van der Waals surface area contributed by atoms with Crippen molar-refractivity contribution in [3.63, 3.8) is 0 Å². The fourth-order valence-corrected chi connectivity index (χ4v) is 3.65. The number of thiazole rings is 1. The number of hydrogen-bond acceptors (Lipinski definition) is 5. The quantitative estimate of drug-likeness (QED) is 0.468. The molecule has 31 heavy (non-hydrogen) atoms. The number of hydrogen-bond donors (Lipinski definition) is 1. The molecule has 0 amide bonds. The molecule has 0 unspecified atom stereocenters. The average Bonchev–Trinajstić information content (AvgIpc) is 3.06. The molecular formula is C21H17F4NO4S. The van der Waals surface area contributed by atoms with Crippen LogP contribution in [0.4, 0.5) is 17.6 Å². The maximum Gasteiger partial charge on any atom is 0.419 e. The van der Waals surface area contributed by atoms with Crippen molar-refractivity contribution in [3.05, 3.63) is 63.9 Å². The predicted octanol–water partition coefficient (Wildman–Crippen LogP) is 5.63. The third kappa shape index (κ3) is 5.52. The summed E-state index contributed by atoms with van der Waals surface area (Å²) in [7, 11) is 0. The van der Waals surface area contributed by atoms with E-state index >= 15 is 0 Å². The molecule has 3 rings (SSSR count). The zero-order valence-corrected chi connectivity index (χ0v) is 17.2. The van der Waals surface area contributed by atoms with Crippen LogP contribution < -0.4 is 9.47 Å². The third-order valence-corrected chi connectivity index (χ3v) is 5.47. The van der Waals surface area contributed by atoms with Crippen LogP contribution in [0.5, 0.6) is 11.5 Å². The van der Waals surface area contributed by atoms with Crippen LogP contribution in [0.15, 0.2) is 36.4 Å². The van der Waals surface area contributed by atoms with E-state index in [2.05, 4.69) is 4.98 Å². The van der Waals surface area contributed by atoms with Crippen LogP contribution in [0.3, 0.4) is 0 Å². The van der Waals surface area contributed by atoms with Crippen LogP contribution >= 0.6 is 11.3 Å². The lowest BCUT2D eigenvalue weighted by Gasteiger charge is -2.10. The Balaban J connectivity index is 1.75. The van der Waals surface area contributed by atoms with Gasteiger partial charge < -0.3 is 14.6 Å². The number of ether oxygens (including phenoxy) is 2. The lowest BCUT2D eigenvalue weighted by molar-refractivity contribution is -0.140. The minimum atomic E-state index is -4.76. The molecule has 0 bridgehead atoms. The van der Waals surface area contributed by atoms with Crippen LogP contribution in [-0.4, -0.2) is 22.7 Å². The van der Waals surface area contributed by atoms with Crippen LogP contribution in [0.2, 0.25) is 0 Å². The van der Waals surface area contributed by atoms with Crippen LogP contribution in [0.1, 0.15) is 21.7 Å². The summed E-state index contributed by atoms with van der Waals surface area (Å²) in [6.45, 7) is 3.12. The van der Waals surface area contributed by atoms with Gasteiger partial charge in [-0.05, 0) is 37.6 Å². The Kier molecular flexibility index (Phi) is 6.49. The van der Waals surface area contributed by atoms with Gasteiger partial charge in [0.1, 0.15) is 28.9 Å². The molecule has 0 atom stereocenters. The Labute approximate surface area is 178 Å². The van der Waals surface area contributed by atoms with Crippen LogP contribution in [0.25, 0.3) is 10.6 Å². The zero-order valence-electron chi connectivity index (χ0n) is 16.4. The summed E-state index contributed by atoms with van der Waals surface area (Å²) in [6, 6.07) is 7.69. The predicted molar refractivity (Wildman–Crippen MR) is 106 cm³/mol. The van der Waals surface area contributed by atoms with Crippen molar-refractivity contribution in [1.29, 1.82) is 0 Å². The SMILES string of the molecule is Cc1ccc(OCc2sc(-c3ccc(C(F)(F)F)c(F)c3)nc2C)cc1OCC(=O)O. The number of carboxylic acids is 1. The molecule has 5 nitrogen and oxygen atoms in total. The maximum atomic E-state index is 13.9. The Morgan fingerprint density at radius 2 is 1.87 bits per heavy atom. The number of halogens is 4. The summed E-state index contributed by atoms with van der Waals surface area (Å²) in [4.78, 5) is 15.7. The molecule has 0 aliphatic carbocycles. The Morgan fingerprint density at radius 3 is 2.52 bits per heavy atom. The van der Waals surface area contributed by atoms with Crippen molar-refractivity contribution in [2.45, 2.75) is 26.6 Å². The van der Waals surface area contributed by atoms with Crippen molar-refractivity contribution in [2.75, 3.05) is 6.61 Å². The van der Waals surface area contributed by atoms with E-state index in [4.69, 9.17) is 14.6 Å². The van der Waals surface area contributed by atoms with Crippen molar-refractivity contribution in [3.8, 4) is 22.1 Å². The first kappa shape index (κ1) is 22.5. The standard InChI is InChI=1S/C21H17F4NO4S/c1-11-3-5-14(8-17(11)30-10-19(27)28)29-9-18-12(2)26-20(31-18)13-4-6-15(16(22)7-13)21(23,24)25/h3-8H,9-10H2,1-2H3,(H,27,28). The summed E-state index contributed by atoms with van der Waals surface area (Å²) in [5, 5.41) is 9.12. The van der Waals surface area contributed by atoms with Crippen molar-refractivity contribution >= 4 is 17.3 Å². The molecule has 1 N–H and O–H groups in total. The van der Waals surface area contributed by atoms with E-state index in [1.165, 1.54) is 17.4 Å². The van der Waals surface area contributed by atoms with Crippen LogP contribution in [-0.2, 0) is 17.6 Å². The number of alkyl halides is 3. The summed E-state index contributed by atoms with van der Waals surface area (Å²) in [6.07, 6.45) is -4.76. The number of aryl methyl sites for hydroxylation is 2. The van der Waals surface area contributed by atoms with Gasteiger partial charge in [-0.15, -0.1) is 11.3 Å². The number of rotatable bonds is 7. The fraction of sp³-hybridized carbons (Fsp3) is 0.238. The highest BCUT2D eigenvalue weighted by Crippen LogP contribution is 2.35. The lowest BCUT2D eigenvalue weighted by atomic mass is 10.1. The fourth-order valence-electron chi connectivity index (χ4n) is 2.68. The third-order valence-electron chi connectivity index (χ3n) is 4.29. The molecule has 0 saturated heterocycles. The molecule has 3 aromatic rings. The van der Waals surface area contributed by atoms with Gasteiger partial charge in [0.15, 0.2) is 6.61 Å². The second kappa shape index (κ2) is 8.93. The topological polar surface area (TPSA) is 68.7 Å². The Hall–Kier alpha value is -3.14. The van der Waals surface area contributed by atoms with Gasteiger partial charge in [0.2, 0.25) is 0 Å². The maximum absolute atomic E-state index is 13.9. The molecule has 0 spiro atoms. The van der Waals surface area contributed by atoms with E-state index in [0.29, 0.717) is 33.1 Å². The number of carbonyl (C=O) groups is 1. The molecule has 164 valence electrons. The molecule has 1 aromatic heterocycles. The van der Waals surface area contributed by atoms with E-state index in [1.54, 1.807) is 32.0 Å². The van der Waals surface area contributed by atoms with E-state index in [1.807, 2.05) is 0 Å². The Bertz CT molecular complexity index is 1110.